The lowest BCUT2D eigenvalue weighted by molar-refractivity contribution is 0.0129. The molecule has 4 nitrogen and oxygen atoms in total. The predicted molar refractivity (Wildman–Crippen MR) is 79.4 cm³/mol. The minimum absolute atomic E-state index is 0.165. The molecule has 0 aliphatic carbocycles. The van der Waals surface area contributed by atoms with Gasteiger partial charge in [0.1, 0.15) is 5.60 Å². The molecule has 3 atom stereocenters. The van der Waals surface area contributed by atoms with E-state index in [1.54, 1.807) is 0 Å². The molecule has 2 heterocycles. The standard InChI is InChI=1S/C14H26N2O2S/c1-10-9-16(12(17)18-13(3,4)5)7-6-14(10)15-8-11(2)19-14/h10-11,15H,6-9H2,1-5H3. The van der Waals surface area contributed by atoms with Crippen molar-refractivity contribution in [2.75, 3.05) is 19.6 Å². The van der Waals surface area contributed by atoms with E-state index in [0.29, 0.717) is 11.2 Å². The molecule has 1 N–H and O–H groups in total. The SMILES string of the molecule is CC1CNC2(CCN(C(=O)OC(C)(C)C)CC2C)S1. The summed E-state index contributed by atoms with van der Waals surface area (Å²) < 4.78 is 5.46. The fourth-order valence-electron chi connectivity index (χ4n) is 2.81. The molecular weight excluding hydrogens is 260 g/mol. The number of ether oxygens (including phenoxy) is 1. The number of hydrogen-bond donors (Lipinski definition) is 1. The normalized spacial score (nSPS) is 35.7. The second-order valence-electron chi connectivity index (χ2n) is 6.78. The molecule has 2 saturated heterocycles. The van der Waals surface area contributed by atoms with Crippen molar-refractivity contribution in [1.82, 2.24) is 10.2 Å². The van der Waals surface area contributed by atoms with Crippen molar-refractivity contribution in [3.8, 4) is 0 Å². The summed E-state index contributed by atoms with van der Waals surface area (Å²) in [5.74, 6) is 0.448. The summed E-state index contributed by atoms with van der Waals surface area (Å²) in [4.78, 5) is 14.1. The number of amides is 1. The van der Waals surface area contributed by atoms with Gasteiger partial charge in [-0.05, 0) is 27.2 Å². The van der Waals surface area contributed by atoms with Crippen LogP contribution in [0.15, 0.2) is 0 Å². The van der Waals surface area contributed by atoms with Crippen molar-refractivity contribution >= 4 is 17.9 Å². The monoisotopic (exact) mass is 286 g/mol. The Kier molecular flexibility index (Phi) is 4.07. The molecule has 2 aliphatic heterocycles. The molecule has 0 bridgehead atoms. The molecule has 5 heteroatoms. The zero-order valence-corrected chi connectivity index (χ0v) is 13.5. The number of hydrogen-bond acceptors (Lipinski definition) is 4. The van der Waals surface area contributed by atoms with Crippen LogP contribution in [0.1, 0.15) is 41.0 Å². The Balaban J connectivity index is 1.95. The molecule has 0 aromatic carbocycles. The molecular formula is C14H26N2O2S. The molecule has 0 saturated carbocycles. The molecule has 2 rings (SSSR count). The Morgan fingerprint density at radius 1 is 1.42 bits per heavy atom. The zero-order valence-electron chi connectivity index (χ0n) is 12.7. The van der Waals surface area contributed by atoms with E-state index in [2.05, 4.69) is 19.2 Å². The molecule has 2 fully saturated rings. The maximum Gasteiger partial charge on any atom is 0.410 e. The number of nitrogens with zero attached hydrogens (tertiary/aromatic N) is 1. The number of rotatable bonds is 0. The third-order valence-corrected chi connectivity index (χ3v) is 5.54. The lowest BCUT2D eigenvalue weighted by atomic mass is 9.93. The van der Waals surface area contributed by atoms with Crippen LogP contribution in [0.2, 0.25) is 0 Å². The minimum atomic E-state index is -0.412. The van der Waals surface area contributed by atoms with Gasteiger partial charge in [0.25, 0.3) is 0 Å². The van der Waals surface area contributed by atoms with Crippen LogP contribution >= 0.6 is 11.8 Å². The van der Waals surface area contributed by atoms with Gasteiger partial charge >= 0.3 is 6.09 Å². The molecule has 0 aromatic rings. The molecule has 0 aromatic heterocycles. The van der Waals surface area contributed by atoms with Crippen LogP contribution in [-0.2, 0) is 4.74 Å². The van der Waals surface area contributed by atoms with Gasteiger partial charge in [0.2, 0.25) is 0 Å². The van der Waals surface area contributed by atoms with Crippen molar-refractivity contribution in [1.29, 1.82) is 0 Å². The Hall–Kier alpha value is -0.420. The van der Waals surface area contributed by atoms with Crippen molar-refractivity contribution in [2.24, 2.45) is 5.92 Å². The van der Waals surface area contributed by atoms with Gasteiger partial charge in [-0.1, -0.05) is 13.8 Å². The van der Waals surface area contributed by atoms with Crippen molar-refractivity contribution in [3.05, 3.63) is 0 Å². The highest BCUT2D eigenvalue weighted by atomic mass is 32.2. The summed E-state index contributed by atoms with van der Waals surface area (Å²) in [7, 11) is 0. The molecule has 2 aliphatic rings. The average Bonchev–Trinajstić information content (AvgIpc) is 2.63. The summed E-state index contributed by atoms with van der Waals surface area (Å²) in [6, 6.07) is 0. The second-order valence-corrected chi connectivity index (χ2v) is 8.55. The highest BCUT2D eigenvalue weighted by Gasteiger charge is 2.46. The second kappa shape index (κ2) is 5.17. The van der Waals surface area contributed by atoms with E-state index in [9.17, 15) is 4.79 Å². The van der Waals surface area contributed by atoms with Crippen LogP contribution in [0, 0.1) is 5.92 Å². The van der Waals surface area contributed by atoms with Crippen molar-refractivity contribution in [3.63, 3.8) is 0 Å². The van der Waals surface area contributed by atoms with E-state index in [1.165, 1.54) is 0 Å². The lowest BCUT2D eigenvalue weighted by Crippen LogP contribution is -2.56. The van der Waals surface area contributed by atoms with Crippen LogP contribution in [0.4, 0.5) is 4.79 Å². The van der Waals surface area contributed by atoms with Gasteiger partial charge in [0.15, 0.2) is 0 Å². The van der Waals surface area contributed by atoms with Gasteiger partial charge in [-0.25, -0.2) is 4.79 Å². The first-order valence-corrected chi connectivity index (χ1v) is 8.00. The van der Waals surface area contributed by atoms with Crippen molar-refractivity contribution in [2.45, 2.75) is 56.8 Å². The molecule has 1 spiro atoms. The molecule has 19 heavy (non-hydrogen) atoms. The van der Waals surface area contributed by atoms with Gasteiger partial charge in [-0.15, -0.1) is 11.8 Å². The van der Waals surface area contributed by atoms with E-state index in [-0.39, 0.29) is 11.0 Å². The average molecular weight is 286 g/mol. The highest BCUT2D eigenvalue weighted by molar-refractivity contribution is 8.01. The van der Waals surface area contributed by atoms with E-state index in [1.807, 2.05) is 37.4 Å². The fraction of sp³-hybridized carbons (Fsp3) is 0.929. The van der Waals surface area contributed by atoms with Gasteiger partial charge in [-0.2, -0.15) is 0 Å². The number of carbonyl (C=O) groups is 1. The first kappa shape index (κ1) is 15.0. The van der Waals surface area contributed by atoms with Crippen LogP contribution in [-0.4, -0.2) is 46.3 Å². The maximum absolute atomic E-state index is 12.1. The molecule has 110 valence electrons. The first-order chi connectivity index (χ1) is 8.72. The Morgan fingerprint density at radius 2 is 2.11 bits per heavy atom. The number of likely N-dealkylation sites (tertiary alicyclic amines) is 1. The van der Waals surface area contributed by atoms with E-state index in [4.69, 9.17) is 4.74 Å². The van der Waals surface area contributed by atoms with Crippen LogP contribution in [0.3, 0.4) is 0 Å². The molecule has 1 amide bonds. The summed E-state index contributed by atoms with van der Waals surface area (Å²) in [6.07, 6.45) is 0.827. The third kappa shape index (κ3) is 3.37. The number of thioether (sulfide) groups is 1. The summed E-state index contributed by atoms with van der Waals surface area (Å²) in [5, 5.41) is 4.33. The van der Waals surface area contributed by atoms with Crippen LogP contribution < -0.4 is 5.32 Å². The summed E-state index contributed by atoms with van der Waals surface area (Å²) in [5.41, 5.74) is -0.412. The summed E-state index contributed by atoms with van der Waals surface area (Å²) >= 11 is 2.03. The predicted octanol–water partition coefficient (Wildman–Crippen LogP) is 2.68. The van der Waals surface area contributed by atoms with Gasteiger partial charge in [0.05, 0.1) is 4.87 Å². The van der Waals surface area contributed by atoms with Crippen molar-refractivity contribution < 1.29 is 9.53 Å². The molecule has 3 unspecified atom stereocenters. The Bertz CT molecular complexity index is 356. The number of piperidine rings is 1. The number of carbonyl (C=O) groups excluding carboxylic acids is 1. The fourth-order valence-corrected chi connectivity index (χ4v) is 4.37. The highest BCUT2D eigenvalue weighted by Crippen LogP contribution is 2.43. The van der Waals surface area contributed by atoms with E-state index < -0.39 is 5.60 Å². The van der Waals surface area contributed by atoms with Gasteiger partial charge in [0, 0.05) is 30.8 Å². The van der Waals surface area contributed by atoms with Crippen LogP contribution in [0.5, 0.6) is 0 Å². The minimum Gasteiger partial charge on any atom is -0.444 e. The first-order valence-electron chi connectivity index (χ1n) is 7.13. The van der Waals surface area contributed by atoms with Gasteiger partial charge in [-0.3, -0.25) is 0 Å². The van der Waals surface area contributed by atoms with Crippen LogP contribution in [0.25, 0.3) is 0 Å². The maximum atomic E-state index is 12.1. The zero-order chi connectivity index (χ0) is 14.3. The quantitative estimate of drug-likeness (QED) is 0.743. The smallest absolute Gasteiger partial charge is 0.410 e. The third-order valence-electron chi connectivity index (χ3n) is 3.80. The number of nitrogens with one attached hydrogen (secondary N) is 1. The van der Waals surface area contributed by atoms with Gasteiger partial charge < -0.3 is 15.0 Å². The van der Waals surface area contributed by atoms with E-state index in [0.717, 1.165) is 26.1 Å². The topological polar surface area (TPSA) is 41.6 Å². The lowest BCUT2D eigenvalue weighted by Gasteiger charge is -2.44. The van der Waals surface area contributed by atoms with E-state index >= 15 is 0 Å². The largest absolute Gasteiger partial charge is 0.444 e. The summed E-state index contributed by atoms with van der Waals surface area (Å²) in [6.45, 7) is 12.9. The Morgan fingerprint density at radius 3 is 2.58 bits per heavy atom. The Labute approximate surface area is 120 Å². The molecule has 0 radical (unpaired) electrons.